The number of nitrogens with zero attached hydrogens (tertiary/aromatic N) is 4. The van der Waals surface area contributed by atoms with E-state index in [2.05, 4.69) is 117 Å². The molecule has 322 valence electrons. The van der Waals surface area contributed by atoms with Crippen LogP contribution in [-0.4, -0.2) is 80.6 Å². The Balaban J connectivity index is 0.00000465. The van der Waals surface area contributed by atoms with Gasteiger partial charge in [0, 0.05) is 29.8 Å². The molecule has 1 unspecified atom stereocenters. The zero-order chi connectivity index (χ0) is 41.5. The second-order valence-corrected chi connectivity index (χ2v) is 18.2. The number of rotatable bonds is 19. The molecule has 1 heterocycles. The lowest BCUT2D eigenvalue weighted by atomic mass is 10.1. The predicted octanol–water partition coefficient (Wildman–Crippen LogP) is 3.67. The molecule has 0 radical (unpaired) electrons. The molecule has 0 amide bonds. The fourth-order valence-electron chi connectivity index (χ4n) is 8.66. The summed E-state index contributed by atoms with van der Waals surface area (Å²) in [6.07, 6.45) is 2.95. The van der Waals surface area contributed by atoms with E-state index in [0.717, 1.165) is 61.0 Å². The number of benzene rings is 4. The highest BCUT2D eigenvalue weighted by molar-refractivity contribution is 7.98. The van der Waals surface area contributed by atoms with Crippen molar-refractivity contribution in [2.24, 2.45) is 0 Å². The first kappa shape index (κ1) is 50.0. The number of hydrogen-bond acceptors (Lipinski definition) is 6. The van der Waals surface area contributed by atoms with Gasteiger partial charge in [-0.1, -0.05) is 99.7 Å². The van der Waals surface area contributed by atoms with Gasteiger partial charge in [-0.2, -0.15) is 0 Å². The van der Waals surface area contributed by atoms with Crippen molar-refractivity contribution < 1.29 is 57.1 Å². The molecule has 0 fully saturated rings. The standard InChI is InChI=1S/C48H66N4O4S.2BrH/c1-33-20-34(2)24-39(23-33)30-51(7,8)17-15-19-52(9,31-40-25-35(3)21-36(4)26-40)18-14-13-16-50-47(53)42-29-43(54-10)45(55-11)46(56-12)44(42)49-48(50)57-32-41-27-37(5)22-38(6)28-41;;/h20-29H,13-19,30-32H2,1-12H3;2*1H/q+2;;/p-2. The molecule has 0 bridgehead atoms. The third kappa shape index (κ3) is 13.6. The zero-order valence-corrected chi connectivity index (χ0v) is 41.4. The number of thioether (sulfide) groups is 1. The van der Waals surface area contributed by atoms with E-state index in [1.807, 2.05) is 4.57 Å². The van der Waals surface area contributed by atoms with Gasteiger partial charge in [-0.05, 0) is 66.0 Å². The van der Waals surface area contributed by atoms with Gasteiger partial charge < -0.3 is 57.1 Å². The van der Waals surface area contributed by atoms with E-state index in [4.69, 9.17) is 19.2 Å². The highest BCUT2D eigenvalue weighted by atomic mass is 79.9. The lowest BCUT2D eigenvalue weighted by Gasteiger charge is -2.37. The lowest BCUT2D eigenvalue weighted by molar-refractivity contribution is -0.934. The maximum Gasteiger partial charge on any atom is 0.262 e. The van der Waals surface area contributed by atoms with E-state index in [0.29, 0.717) is 45.6 Å². The highest BCUT2D eigenvalue weighted by Gasteiger charge is 2.26. The Morgan fingerprint density at radius 3 is 1.59 bits per heavy atom. The van der Waals surface area contributed by atoms with Crippen LogP contribution in [0, 0.1) is 41.5 Å². The maximum absolute atomic E-state index is 14.5. The van der Waals surface area contributed by atoms with Crippen molar-refractivity contribution in [1.29, 1.82) is 0 Å². The summed E-state index contributed by atoms with van der Waals surface area (Å²) in [6, 6.07) is 22.2. The molecule has 0 N–H and O–H groups in total. The number of unbranched alkanes of at least 4 members (excludes halogenated alkanes) is 1. The molecule has 0 spiro atoms. The number of methoxy groups -OCH3 is 3. The molecule has 4 aromatic carbocycles. The Bertz CT molecular complexity index is 2200. The van der Waals surface area contributed by atoms with Gasteiger partial charge >= 0.3 is 0 Å². The molecule has 8 nitrogen and oxygen atoms in total. The molecule has 5 rings (SSSR count). The minimum atomic E-state index is -0.0986. The second kappa shape index (κ2) is 22.0. The molecule has 0 aliphatic carbocycles. The van der Waals surface area contributed by atoms with Gasteiger partial charge in [0.1, 0.15) is 18.6 Å². The summed E-state index contributed by atoms with van der Waals surface area (Å²) in [7, 11) is 11.9. The summed E-state index contributed by atoms with van der Waals surface area (Å²) in [6.45, 7) is 18.8. The quantitative estimate of drug-likeness (QED) is 0.0546. The number of halogens is 2. The van der Waals surface area contributed by atoms with Crippen molar-refractivity contribution in [2.75, 3.05) is 62.1 Å². The molecule has 0 saturated carbocycles. The minimum Gasteiger partial charge on any atom is -1.00 e. The Morgan fingerprint density at radius 1 is 0.593 bits per heavy atom. The zero-order valence-electron chi connectivity index (χ0n) is 37.4. The van der Waals surface area contributed by atoms with Crippen LogP contribution in [-0.2, 0) is 25.4 Å². The predicted molar refractivity (Wildman–Crippen MR) is 237 cm³/mol. The Kier molecular flexibility index (Phi) is 18.6. The van der Waals surface area contributed by atoms with Gasteiger partial charge in [-0.15, -0.1) is 0 Å². The monoisotopic (exact) mass is 952 g/mol. The first-order valence-corrected chi connectivity index (χ1v) is 21.2. The van der Waals surface area contributed by atoms with Crippen molar-refractivity contribution in [3.05, 3.63) is 121 Å². The molecular formula is C48H66Br2N4O4S. The fourth-order valence-corrected chi connectivity index (χ4v) is 9.61. The number of aromatic nitrogens is 2. The van der Waals surface area contributed by atoms with Gasteiger partial charge in [-0.25, -0.2) is 4.98 Å². The Morgan fingerprint density at radius 2 is 1.08 bits per heavy atom. The molecule has 1 aromatic heterocycles. The molecule has 11 heteroatoms. The van der Waals surface area contributed by atoms with Crippen molar-refractivity contribution >= 4 is 22.7 Å². The van der Waals surface area contributed by atoms with E-state index in [1.165, 1.54) is 50.1 Å². The molecule has 1 atom stereocenters. The SMILES string of the molecule is COc1cc2c(=O)n(CCCC[N+](C)(CCC[N+](C)(C)Cc3cc(C)cc(C)c3)Cc3cc(C)cc(C)c3)c(SCc3cc(C)cc(C)c3)nc2c(OC)c1OC.[Br-].[Br-]. The van der Waals surface area contributed by atoms with Crippen LogP contribution >= 0.6 is 11.8 Å². The van der Waals surface area contributed by atoms with Gasteiger partial charge in [0.2, 0.25) is 5.75 Å². The van der Waals surface area contributed by atoms with Crippen LogP contribution in [0.15, 0.2) is 70.6 Å². The summed E-state index contributed by atoms with van der Waals surface area (Å²) in [5.74, 6) is 1.97. The molecule has 59 heavy (non-hydrogen) atoms. The molecular weight excluding hydrogens is 888 g/mol. The smallest absolute Gasteiger partial charge is 0.262 e. The van der Waals surface area contributed by atoms with Crippen LogP contribution in [0.2, 0.25) is 0 Å². The fraction of sp³-hybridized carbons (Fsp3) is 0.458. The molecule has 0 aliphatic rings. The third-order valence-electron chi connectivity index (χ3n) is 10.9. The van der Waals surface area contributed by atoms with E-state index in [9.17, 15) is 4.79 Å². The van der Waals surface area contributed by atoms with Gasteiger partial charge in [-0.3, -0.25) is 9.36 Å². The number of fused-ring (bicyclic) bond motifs is 1. The summed E-state index contributed by atoms with van der Waals surface area (Å²) in [4.78, 5) is 19.6. The number of aryl methyl sites for hydroxylation is 6. The van der Waals surface area contributed by atoms with E-state index in [-0.39, 0.29) is 39.5 Å². The van der Waals surface area contributed by atoms with Gasteiger partial charge in [0.15, 0.2) is 16.7 Å². The molecule has 5 aromatic rings. The van der Waals surface area contributed by atoms with E-state index < -0.39 is 0 Å². The van der Waals surface area contributed by atoms with Crippen molar-refractivity contribution in [3.63, 3.8) is 0 Å². The van der Waals surface area contributed by atoms with E-state index >= 15 is 0 Å². The summed E-state index contributed by atoms with van der Waals surface area (Å²) in [5.41, 5.74) is 12.1. The first-order chi connectivity index (χ1) is 27.0. The van der Waals surface area contributed by atoms with Crippen molar-refractivity contribution in [3.8, 4) is 17.2 Å². The maximum atomic E-state index is 14.5. The van der Waals surface area contributed by atoms with Crippen LogP contribution in [0.1, 0.15) is 69.3 Å². The lowest BCUT2D eigenvalue weighted by Crippen LogP contribution is -3.00. The first-order valence-electron chi connectivity index (χ1n) is 20.3. The largest absolute Gasteiger partial charge is 1.00 e. The topological polar surface area (TPSA) is 62.6 Å². The van der Waals surface area contributed by atoms with Crippen LogP contribution in [0.3, 0.4) is 0 Å². The van der Waals surface area contributed by atoms with Crippen LogP contribution < -0.4 is 53.7 Å². The van der Waals surface area contributed by atoms with Crippen molar-refractivity contribution in [2.45, 2.75) is 91.3 Å². The van der Waals surface area contributed by atoms with Crippen LogP contribution in [0.4, 0.5) is 0 Å². The normalized spacial score (nSPS) is 12.4. The second-order valence-electron chi connectivity index (χ2n) is 17.3. The van der Waals surface area contributed by atoms with Crippen LogP contribution in [0.5, 0.6) is 17.2 Å². The average Bonchev–Trinajstić information content (AvgIpc) is 3.11. The summed E-state index contributed by atoms with van der Waals surface area (Å²) in [5, 5.41) is 1.13. The van der Waals surface area contributed by atoms with Crippen molar-refractivity contribution in [1.82, 2.24) is 9.55 Å². The highest BCUT2D eigenvalue weighted by Crippen LogP contribution is 2.42. The van der Waals surface area contributed by atoms with Crippen LogP contribution in [0.25, 0.3) is 10.9 Å². The number of ether oxygens (including phenoxy) is 3. The molecule has 0 aliphatic heterocycles. The summed E-state index contributed by atoms with van der Waals surface area (Å²) < 4.78 is 20.9. The van der Waals surface area contributed by atoms with E-state index in [1.54, 1.807) is 39.2 Å². The molecule has 0 saturated heterocycles. The van der Waals surface area contributed by atoms with Gasteiger partial charge in [0.05, 0.1) is 67.5 Å². The number of quaternary nitrogens is 2. The third-order valence-corrected chi connectivity index (χ3v) is 11.9. The van der Waals surface area contributed by atoms with Gasteiger partial charge in [0.25, 0.3) is 5.56 Å². The Labute approximate surface area is 379 Å². The number of hydrogen-bond donors (Lipinski definition) is 0. The Hall–Kier alpha value is -3.35. The average molecular weight is 955 g/mol. The minimum absolute atomic E-state index is 0. The summed E-state index contributed by atoms with van der Waals surface area (Å²) >= 11 is 1.59.